The summed E-state index contributed by atoms with van der Waals surface area (Å²) in [5.41, 5.74) is -1.03. The van der Waals surface area contributed by atoms with Gasteiger partial charge in [-0.25, -0.2) is 5.09 Å². The predicted molar refractivity (Wildman–Crippen MR) is 83.9 cm³/mol. The molecule has 1 rings (SSSR count). The molecule has 0 amide bonds. The van der Waals surface area contributed by atoms with Crippen LogP contribution in [0.15, 0.2) is 30.3 Å². The number of carbonyl (C=O) groups is 1. The maximum Gasteiger partial charge on any atom is 0.314 e. The molecule has 0 aliphatic carbocycles. The van der Waals surface area contributed by atoms with E-state index in [-0.39, 0.29) is 6.61 Å². The molecule has 0 aliphatic rings. The van der Waals surface area contributed by atoms with Gasteiger partial charge in [-0.2, -0.15) is 0 Å². The molecular weight excluding hydrogens is 289 g/mol. The van der Waals surface area contributed by atoms with E-state index >= 15 is 0 Å². The van der Waals surface area contributed by atoms with Crippen molar-refractivity contribution >= 4 is 13.8 Å². The van der Waals surface area contributed by atoms with E-state index in [0.29, 0.717) is 18.6 Å². The number of para-hydroxylation sites is 1. The molecule has 1 unspecified atom stereocenters. The Bertz CT molecular complexity index is 480. The third-order valence-electron chi connectivity index (χ3n) is 2.79. The van der Waals surface area contributed by atoms with Gasteiger partial charge in [-0.1, -0.05) is 31.5 Å². The van der Waals surface area contributed by atoms with Gasteiger partial charge in [0.25, 0.3) is 0 Å². The van der Waals surface area contributed by atoms with Crippen molar-refractivity contribution in [3.05, 3.63) is 30.3 Å². The Morgan fingerprint density at radius 1 is 1.33 bits per heavy atom. The molecule has 0 saturated heterocycles. The summed E-state index contributed by atoms with van der Waals surface area (Å²) in [6.45, 7) is 5.90. The molecule has 0 heterocycles. The lowest BCUT2D eigenvalue weighted by atomic mass is 10.1. The maximum absolute atomic E-state index is 12.5. The lowest BCUT2D eigenvalue weighted by molar-refractivity contribution is -0.114. The van der Waals surface area contributed by atoms with E-state index in [1.165, 1.54) is 6.66 Å². The summed E-state index contributed by atoms with van der Waals surface area (Å²) < 4.78 is 23.4. The highest BCUT2D eigenvalue weighted by molar-refractivity contribution is 7.56. The third kappa shape index (κ3) is 6.89. The second kappa shape index (κ2) is 8.32. The fourth-order valence-corrected chi connectivity index (χ4v) is 3.41. The van der Waals surface area contributed by atoms with Crippen molar-refractivity contribution in [2.45, 2.75) is 32.2 Å². The van der Waals surface area contributed by atoms with Crippen LogP contribution in [0.1, 0.15) is 26.7 Å². The van der Waals surface area contributed by atoms with Crippen LogP contribution in [0, 0.1) is 0 Å². The van der Waals surface area contributed by atoms with Crippen molar-refractivity contribution in [1.29, 1.82) is 0 Å². The molecule has 0 saturated carbocycles. The van der Waals surface area contributed by atoms with E-state index < -0.39 is 13.1 Å². The monoisotopic (exact) mass is 313 g/mol. The van der Waals surface area contributed by atoms with Gasteiger partial charge < -0.3 is 14.1 Å². The highest BCUT2D eigenvalue weighted by Gasteiger charge is 2.32. The largest absolute Gasteiger partial charge is 0.433 e. The van der Waals surface area contributed by atoms with Crippen molar-refractivity contribution < 1.29 is 18.6 Å². The van der Waals surface area contributed by atoms with Gasteiger partial charge >= 0.3 is 7.52 Å². The minimum absolute atomic E-state index is 0.159. The van der Waals surface area contributed by atoms with Gasteiger partial charge in [0, 0.05) is 13.3 Å². The van der Waals surface area contributed by atoms with E-state index in [9.17, 15) is 9.36 Å². The minimum atomic E-state index is -3.17. The number of hydrogen-bond acceptors (Lipinski definition) is 4. The van der Waals surface area contributed by atoms with Crippen LogP contribution in [0.5, 0.6) is 5.75 Å². The van der Waals surface area contributed by atoms with E-state index in [0.717, 1.165) is 12.8 Å². The second-order valence-corrected chi connectivity index (χ2v) is 7.40. The van der Waals surface area contributed by atoms with Gasteiger partial charge in [0.15, 0.2) is 0 Å². The fourth-order valence-electron chi connectivity index (χ4n) is 1.79. The molecule has 2 atom stereocenters. The maximum atomic E-state index is 12.5. The lowest BCUT2D eigenvalue weighted by Crippen LogP contribution is -2.46. The number of ether oxygens (including phenoxy) is 1. The van der Waals surface area contributed by atoms with Crippen LogP contribution in [-0.4, -0.2) is 31.7 Å². The van der Waals surface area contributed by atoms with Gasteiger partial charge in [-0.15, -0.1) is 0 Å². The minimum Gasteiger partial charge on any atom is -0.433 e. The van der Waals surface area contributed by atoms with Gasteiger partial charge in [0.1, 0.15) is 17.6 Å². The molecule has 118 valence electrons. The molecule has 1 N–H and O–H groups in total. The molecule has 1 aromatic carbocycles. The van der Waals surface area contributed by atoms with Crippen LogP contribution in [0.3, 0.4) is 0 Å². The molecule has 5 nitrogen and oxygen atoms in total. The number of aldehydes is 1. The zero-order chi connectivity index (χ0) is 15.8. The Kier molecular flexibility index (Phi) is 7.09. The van der Waals surface area contributed by atoms with E-state index in [2.05, 4.69) is 12.0 Å². The first-order valence-electron chi connectivity index (χ1n) is 7.06. The Hall–Kier alpha value is -1.16. The molecule has 0 spiro atoms. The molecule has 1 aromatic rings. The van der Waals surface area contributed by atoms with Gasteiger partial charge in [-0.05, 0) is 25.5 Å². The van der Waals surface area contributed by atoms with E-state index in [1.807, 2.05) is 6.07 Å². The fraction of sp³-hybridized carbons (Fsp3) is 0.533. The summed E-state index contributed by atoms with van der Waals surface area (Å²) in [4.78, 5) is 11.3. The first-order valence-corrected chi connectivity index (χ1v) is 9.14. The Balaban J connectivity index is 2.61. The van der Waals surface area contributed by atoms with Gasteiger partial charge in [0.2, 0.25) is 0 Å². The van der Waals surface area contributed by atoms with Crippen molar-refractivity contribution in [1.82, 2.24) is 5.09 Å². The van der Waals surface area contributed by atoms with Crippen molar-refractivity contribution in [3.8, 4) is 5.75 Å². The standard InChI is InChI=1S/C15H24NO4P/c1-4-5-11-19-13-15(2,12-17)16-21(3,18)20-14-9-7-6-8-10-14/h6-10,12H,4-5,11,13H2,1-3H3,(H,16,18)/t15-,21?/m1/s1. The molecule has 21 heavy (non-hydrogen) atoms. The zero-order valence-electron chi connectivity index (χ0n) is 12.9. The molecule has 0 aromatic heterocycles. The van der Waals surface area contributed by atoms with Crippen molar-refractivity contribution in [3.63, 3.8) is 0 Å². The third-order valence-corrected chi connectivity index (χ3v) is 4.26. The first-order chi connectivity index (χ1) is 9.91. The van der Waals surface area contributed by atoms with Crippen molar-refractivity contribution in [2.75, 3.05) is 19.9 Å². The van der Waals surface area contributed by atoms with E-state index in [1.54, 1.807) is 31.2 Å². The summed E-state index contributed by atoms with van der Waals surface area (Å²) in [6, 6.07) is 8.86. The molecule has 0 radical (unpaired) electrons. The van der Waals surface area contributed by atoms with Gasteiger partial charge in [-0.3, -0.25) is 4.57 Å². The molecule has 0 bridgehead atoms. The highest BCUT2D eigenvalue weighted by Crippen LogP contribution is 2.40. The number of hydrogen-bond donors (Lipinski definition) is 1. The summed E-state index contributed by atoms with van der Waals surface area (Å²) in [7, 11) is -3.17. The van der Waals surface area contributed by atoms with Crippen molar-refractivity contribution in [2.24, 2.45) is 0 Å². The van der Waals surface area contributed by atoms with Crippen LogP contribution in [-0.2, 0) is 14.1 Å². The number of nitrogens with one attached hydrogen (secondary N) is 1. The van der Waals surface area contributed by atoms with Crippen LogP contribution in [0.25, 0.3) is 0 Å². The Morgan fingerprint density at radius 3 is 2.57 bits per heavy atom. The molecule has 0 fully saturated rings. The van der Waals surface area contributed by atoms with Crippen LogP contribution in [0.4, 0.5) is 0 Å². The first kappa shape index (κ1) is 17.9. The van der Waals surface area contributed by atoms with Crippen LogP contribution < -0.4 is 9.61 Å². The zero-order valence-corrected chi connectivity index (χ0v) is 13.8. The summed E-state index contributed by atoms with van der Waals surface area (Å²) in [6.07, 6.45) is 2.66. The predicted octanol–water partition coefficient (Wildman–Crippen LogP) is 3.25. The molecule has 6 heteroatoms. The quantitative estimate of drug-likeness (QED) is 0.408. The number of carbonyl (C=O) groups excluding carboxylic acids is 1. The topological polar surface area (TPSA) is 64.6 Å². The SMILES string of the molecule is CCCCOC[C@@](C)(C=O)NP(C)(=O)Oc1ccccc1. The average molecular weight is 313 g/mol. The number of benzene rings is 1. The molecule has 0 aliphatic heterocycles. The summed E-state index contributed by atoms with van der Waals surface area (Å²) in [5, 5.41) is 2.79. The Morgan fingerprint density at radius 2 is 2.00 bits per heavy atom. The number of rotatable bonds is 10. The van der Waals surface area contributed by atoms with Crippen LogP contribution in [0.2, 0.25) is 0 Å². The summed E-state index contributed by atoms with van der Waals surface area (Å²) >= 11 is 0. The highest BCUT2D eigenvalue weighted by atomic mass is 31.2. The lowest BCUT2D eigenvalue weighted by Gasteiger charge is -2.28. The molecular formula is C15H24NO4P. The normalized spacial score (nSPS) is 16.7. The summed E-state index contributed by atoms with van der Waals surface area (Å²) in [5.74, 6) is 0.496. The average Bonchev–Trinajstić information content (AvgIpc) is 2.44. The number of unbranched alkanes of at least 4 members (excludes halogenated alkanes) is 1. The van der Waals surface area contributed by atoms with Gasteiger partial charge in [0.05, 0.1) is 6.61 Å². The van der Waals surface area contributed by atoms with Crippen LogP contribution >= 0.6 is 7.52 Å². The second-order valence-electron chi connectivity index (χ2n) is 5.30. The smallest absolute Gasteiger partial charge is 0.314 e. The Labute approximate surface area is 126 Å². The van der Waals surface area contributed by atoms with E-state index in [4.69, 9.17) is 9.26 Å².